The molecule has 0 atom stereocenters. The molecule has 2 aliphatic heterocycles. The van der Waals surface area contributed by atoms with Gasteiger partial charge in [-0.2, -0.15) is 4.31 Å². The molecule has 2 heterocycles. The van der Waals surface area contributed by atoms with E-state index in [9.17, 15) is 13.2 Å². The van der Waals surface area contributed by atoms with Crippen molar-refractivity contribution in [3.8, 4) is 0 Å². The van der Waals surface area contributed by atoms with Gasteiger partial charge in [-0.15, -0.1) is 0 Å². The number of sulfonamides is 1. The number of hydrogen-bond donors (Lipinski definition) is 0. The second-order valence-corrected chi connectivity index (χ2v) is 10.9. The van der Waals surface area contributed by atoms with Crippen LogP contribution in [0.2, 0.25) is 0 Å². The zero-order valence-corrected chi connectivity index (χ0v) is 17.7. The standard InChI is InChI=1S/C20H30N2O4S/c1-15-6-7-17-16(12-15)13-22(27(5,24)25)14-20(17)8-10-21(11-9-20)18(23)26-19(2,3)4/h6-7,12H,8-11,13-14H2,1-5H3. The van der Waals surface area contributed by atoms with Crippen LogP contribution in [0.3, 0.4) is 0 Å². The van der Waals surface area contributed by atoms with E-state index < -0.39 is 15.6 Å². The van der Waals surface area contributed by atoms with Crippen LogP contribution >= 0.6 is 0 Å². The summed E-state index contributed by atoms with van der Waals surface area (Å²) in [6.07, 6.45) is 2.44. The van der Waals surface area contributed by atoms with Gasteiger partial charge in [0.25, 0.3) is 0 Å². The minimum absolute atomic E-state index is 0.247. The number of amides is 1. The Hall–Kier alpha value is -1.60. The van der Waals surface area contributed by atoms with Crippen LogP contribution in [0, 0.1) is 6.92 Å². The lowest BCUT2D eigenvalue weighted by molar-refractivity contribution is 0.0146. The third-order valence-electron chi connectivity index (χ3n) is 5.50. The van der Waals surface area contributed by atoms with Crippen molar-refractivity contribution in [1.29, 1.82) is 0 Å². The first-order valence-electron chi connectivity index (χ1n) is 9.43. The molecule has 7 heteroatoms. The van der Waals surface area contributed by atoms with E-state index in [2.05, 4.69) is 18.2 Å². The molecular weight excluding hydrogens is 364 g/mol. The van der Waals surface area contributed by atoms with E-state index in [1.165, 1.54) is 11.8 Å². The zero-order valence-electron chi connectivity index (χ0n) is 16.9. The zero-order chi connectivity index (χ0) is 20.0. The first kappa shape index (κ1) is 20.1. The van der Waals surface area contributed by atoms with Crippen LogP contribution in [-0.2, 0) is 26.7 Å². The molecule has 0 unspecified atom stereocenters. The minimum atomic E-state index is -3.28. The highest BCUT2D eigenvalue weighted by molar-refractivity contribution is 7.88. The van der Waals surface area contributed by atoms with Gasteiger partial charge in [0.05, 0.1) is 6.26 Å². The summed E-state index contributed by atoms with van der Waals surface area (Å²) < 4.78 is 31.6. The van der Waals surface area contributed by atoms with Crippen LogP contribution in [0.1, 0.15) is 50.3 Å². The number of carbonyl (C=O) groups excluding carboxylic acids is 1. The second-order valence-electron chi connectivity index (χ2n) is 8.94. The van der Waals surface area contributed by atoms with Crippen molar-refractivity contribution in [2.75, 3.05) is 25.9 Å². The highest BCUT2D eigenvalue weighted by Gasteiger charge is 2.45. The Morgan fingerprint density at radius 2 is 1.81 bits per heavy atom. The van der Waals surface area contributed by atoms with Crippen molar-refractivity contribution < 1.29 is 17.9 Å². The van der Waals surface area contributed by atoms with E-state index in [1.807, 2.05) is 27.7 Å². The van der Waals surface area contributed by atoms with Gasteiger partial charge in [-0.3, -0.25) is 0 Å². The summed E-state index contributed by atoms with van der Waals surface area (Å²) in [7, 11) is -3.28. The maximum atomic E-state index is 12.4. The predicted octanol–water partition coefficient (Wildman–Crippen LogP) is 3.04. The molecule has 6 nitrogen and oxygen atoms in total. The van der Waals surface area contributed by atoms with Gasteiger partial charge in [-0.1, -0.05) is 23.8 Å². The highest BCUT2D eigenvalue weighted by atomic mass is 32.2. The molecule has 0 bridgehead atoms. The van der Waals surface area contributed by atoms with Gasteiger partial charge >= 0.3 is 6.09 Å². The van der Waals surface area contributed by atoms with Gasteiger partial charge in [0, 0.05) is 31.6 Å². The van der Waals surface area contributed by atoms with Crippen molar-refractivity contribution in [2.45, 2.75) is 58.1 Å². The summed E-state index contributed by atoms with van der Waals surface area (Å²) in [5, 5.41) is 0. The lowest BCUT2D eigenvalue weighted by atomic mass is 9.69. The second kappa shape index (κ2) is 6.78. The fraction of sp³-hybridized carbons (Fsp3) is 0.650. The van der Waals surface area contributed by atoms with E-state index in [1.54, 1.807) is 9.21 Å². The average molecular weight is 395 g/mol. The first-order chi connectivity index (χ1) is 12.4. The summed E-state index contributed by atoms with van der Waals surface area (Å²) in [6, 6.07) is 6.33. The minimum Gasteiger partial charge on any atom is -0.444 e. The van der Waals surface area contributed by atoms with Gasteiger partial charge in [0.1, 0.15) is 5.60 Å². The molecule has 150 valence electrons. The SMILES string of the molecule is Cc1ccc2c(c1)CN(S(C)(=O)=O)CC21CCN(C(=O)OC(C)(C)C)CC1. The summed E-state index contributed by atoms with van der Waals surface area (Å²) in [5.41, 5.74) is 2.68. The molecular formula is C20H30N2O4S. The molecule has 0 saturated carbocycles. The van der Waals surface area contributed by atoms with Crippen molar-refractivity contribution in [1.82, 2.24) is 9.21 Å². The van der Waals surface area contributed by atoms with E-state index in [4.69, 9.17) is 4.74 Å². The molecule has 0 aliphatic carbocycles. The van der Waals surface area contributed by atoms with Crippen LogP contribution in [-0.4, -0.2) is 55.2 Å². The highest BCUT2D eigenvalue weighted by Crippen LogP contribution is 2.42. The maximum absolute atomic E-state index is 12.4. The van der Waals surface area contributed by atoms with E-state index in [0.29, 0.717) is 26.2 Å². The van der Waals surface area contributed by atoms with Crippen molar-refractivity contribution in [3.63, 3.8) is 0 Å². The summed E-state index contributed by atoms with van der Waals surface area (Å²) in [6.45, 7) is 9.65. The summed E-state index contributed by atoms with van der Waals surface area (Å²) in [4.78, 5) is 14.1. The van der Waals surface area contributed by atoms with Gasteiger partial charge in [0.15, 0.2) is 0 Å². The van der Waals surface area contributed by atoms with Crippen LogP contribution in [0.5, 0.6) is 0 Å². The van der Waals surface area contributed by atoms with Gasteiger partial charge < -0.3 is 9.64 Å². The van der Waals surface area contributed by atoms with Gasteiger partial charge in [0.2, 0.25) is 10.0 Å². The van der Waals surface area contributed by atoms with Crippen molar-refractivity contribution in [3.05, 3.63) is 34.9 Å². The van der Waals surface area contributed by atoms with E-state index in [0.717, 1.165) is 24.0 Å². The smallest absolute Gasteiger partial charge is 0.410 e. The molecule has 1 spiro atoms. The third-order valence-corrected chi connectivity index (χ3v) is 6.70. The quantitative estimate of drug-likeness (QED) is 0.734. The molecule has 1 amide bonds. The van der Waals surface area contributed by atoms with E-state index in [-0.39, 0.29) is 11.5 Å². The summed E-state index contributed by atoms with van der Waals surface area (Å²) in [5.74, 6) is 0. The van der Waals surface area contributed by atoms with Crippen LogP contribution in [0.15, 0.2) is 18.2 Å². The Morgan fingerprint density at radius 1 is 1.19 bits per heavy atom. The molecule has 0 N–H and O–H groups in total. The molecule has 27 heavy (non-hydrogen) atoms. The fourth-order valence-electron chi connectivity index (χ4n) is 4.15. The average Bonchev–Trinajstić information content (AvgIpc) is 2.52. The Morgan fingerprint density at radius 3 is 2.37 bits per heavy atom. The number of rotatable bonds is 1. The number of benzene rings is 1. The predicted molar refractivity (Wildman–Crippen MR) is 105 cm³/mol. The Bertz CT molecular complexity index is 834. The number of aryl methyl sites for hydroxylation is 1. The topological polar surface area (TPSA) is 66.9 Å². The Balaban J connectivity index is 1.86. The first-order valence-corrected chi connectivity index (χ1v) is 11.3. The number of fused-ring (bicyclic) bond motifs is 2. The summed E-state index contributed by atoms with van der Waals surface area (Å²) >= 11 is 0. The van der Waals surface area contributed by atoms with E-state index >= 15 is 0 Å². The molecule has 1 fully saturated rings. The Kier molecular flexibility index (Phi) is 5.06. The van der Waals surface area contributed by atoms with Crippen molar-refractivity contribution in [2.24, 2.45) is 0 Å². The number of piperidine rings is 1. The maximum Gasteiger partial charge on any atom is 0.410 e. The van der Waals surface area contributed by atoms with Crippen LogP contribution in [0.4, 0.5) is 4.79 Å². The van der Waals surface area contributed by atoms with Gasteiger partial charge in [-0.25, -0.2) is 13.2 Å². The molecule has 0 radical (unpaired) electrons. The monoisotopic (exact) mass is 394 g/mol. The largest absolute Gasteiger partial charge is 0.444 e. The lowest BCUT2D eigenvalue weighted by Gasteiger charge is -2.48. The number of hydrogen-bond acceptors (Lipinski definition) is 4. The number of carbonyl (C=O) groups is 1. The lowest BCUT2D eigenvalue weighted by Crippen LogP contribution is -2.54. The van der Waals surface area contributed by atoms with Gasteiger partial charge in [-0.05, 0) is 51.7 Å². The number of nitrogens with zero attached hydrogens (tertiary/aromatic N) is 2. The molecule has 1 aromatic carbocycles. The normalized spacial score (nSPS) is 20.4. The molecule has 2 aliphatic rings. The number of ether oxygens (including phenoxy) is 1. The van der Waals surface area contributed by atoms with Crippen LogP contribution in [0.25, 0.3) is 0 Å². The Labute approximate surface area is 162 Å². The molecule has 3 rings (SSSR count). The third kappa shape index (κ3) is 4.29. The van der Waals surface area contributed by atoms with Crippen molar-refractivity contribution >= 4 is 16.1 Å². The molecule has 1 aromatic rings. The fourth-order valence-corrected chi connectivity index (χ4v) is 5.00. The van der Waals surface area contributed by atoms with Crippen LogP contribution < -0.4 is 0 Å². The molecule has 0 aromatic heterocycles. The number of likely N-dealkylation sites (tertiary alicyclic amines) is 1. The molecule has 1 saturated heterocycles.